The molecule has 0 aliphatic carbocycles. The van der Waals surface area contributed by atoms with E-state index in [4.69, 9.17) is 15.1 Å². The minimum atomic E-state index is -0.242. The van der Waals surface area contributed by atoms with Gasteiger partial charge in [-0.05, 0) is 106 Å². The Kier molecular flexibility index (Phi) is 8.28. The lowest BCUT2D eigenvalue weighted by molar-refractivity contribution is -0.784. The Morgan fingerprint density at radius 2 is 1.67 bits per heavy atom. The molecule has 8 rings (SSSR count). The van der Waals surface area contributed by atoms with E-state index in [2.05, 4.69) is 140 Å². The second-order valence-electron chi connectivity index (χ2n) is 14.8. The first kappa shape index (κ1) is 33.2. The van der Waals surface area contributed by atoms with Crippen LogP contribution in [0.5, 0.6) is 0 Å². The molecule has 0 saturated heterocycles. The zero-order chi connectivity index (χ0) is 35.5. The first-order valence-electron chi connectivity index (χ1n) is 19.1. The highest BCUT2D eigenvalue weighted by molar-refractivity contribution is 6.09. The zero-order valence-corrected chi connectivity index (χ0v) is 31.4. The molecule has 7 heteroatoms. The van der Waals surface area contributed by atoms with Crippen LogP contribution in [0.4, 0.5) is 0 Å². The van der Waals surface area contributed by atoms with Gasteiger partial charge in [-0.2, -0.15) is 9.67 Å². The van der Waals surface area contributed by atoms with Gasteiger partial charge < -0.3 is 4.57 Å². The van der Waals surface area contributed by atoms with Crippen molar-refractivity contribution in [3.05, 3.63) is 102 Å². The van der Waals surface area contributed by atoms with Crippen molar-refractivity contribution in [3.63, 3.8) is 0 Å². The van der Waals surface area contributed by atoms with Gasteiger partial charge in [0.05, 0.1) is 24.9 Å². The van der Waals surface area contributed by atoms with Crippen LogP contribution in [0, 0.1) is 13.8 Å². The largest absolute Gasteiger partial charge is 0.349 e. The van der Waals surface area contributed by atoms with Crippen LogP contribution in [0.3, 0.4) is 0 Å². The minimum absolute atomic E-state index is 0.235. The van der Waals surface area contributed by atoms with E-state index >= 15 is 0 Å². The van der Waals surface area contributed by atoms with Gasteiger partial charge >= 0.3 is 5.65 Å². The number of benzene rings is 2. The quantitative estimate of drug-likeness (QED) is 0.136. The van der Waals surface area contributed by atoms with Gasteiger partial charge in [-0.1, -0.05) is 39.3 Å². The van der Waals surface area contributed by atoms with Crippen LogP contribution in [0.2, 0.25) is 0 Å². The Morgan fingerprint density at radius 1 is 0.824 bits per heavy atom. The third kappa shape index (κ3) is 4.95. The third-order valence-electron chi connectivity index (χ3n) is 12.2. The number of aromatic nitrogens is 7. The third-order valence-corrected chi connectivity index (χ3v) is 12.2. The van der Waals surface area contributed by atoms with Gasteiger partial charge in [-0.25, -0.2) is 14.2 Å². The molecule has 5 aromatic heterocycles. The maximum atomic E-state index is 5.15. The van der Waals surface area contributed by atoms with Gasteiger partial charge in [-0.15, -0.1) is 0 Å². The van der Waals surface area contributed by atoms with Crippen molar-refractivity contribution < 1.29 is 9.13 Å². The molecular weight excluding hydrogens is 627 g/mol. The molecule has 2 unspecified atom stereocenters. The highest BCUT2D eigenvalue weighted by atomic mass is 15.4. The lowest BCUT2D eigenvalue weighted by Crippen LogP contribution is -2.72. The lowest BCUT2D eigenvalue weighted by Gasteiger charge is -2.47. The first-order chi connectivity index (χ1) is 24.8. The van der Waals surface area contributed by atoms with E-state index in [9.17, 15) is 0 Å². The Labute approximate surface area is 301 Å². The molecule has 0 radical (unpaired) electrons. The monoisotopic (exact) mass is 677 g/mol. The lowest BCUT2D eigenvalue weighted by atomic mass is 9.69. The highest BCUT2D eigenvalue weighted by Crippen LogP contribution is 2.47. The fourth-order valence-electron chi connectivity index (χ4n) is 9.33. The summed E-state index contributed by atoms with van der Waals surface area (Å²) in [5.41, 5.74) is 12.4. The van der Waals surface area contributed by atoms with Gasteiger partial charge in [0.15, 0.2) is 22.9 Å². The molecule has 0 fully saturated rings. The highest BCUT2D eigenvalue weighted by Gasteiger charge is 2.60. The molecule has 1 aliphatic heterocycles. The summed E-state index contributed by atoms with van der Waals surface area (Å²) in [6, 6.07) is 24.8. The molecular formula is C44H51N7+2. The van der Waals surface area contributed by atoms with Gasteiger partial charge in [0.25, 0.3) is 0 Å². The van der Waals surface area contributed by atoms with Crippen molar-refractivity contribution in [2.24, 2.45) is 0 Å². The molecule has 2 atom stereocenters. The first-order valence-corrected chi connectivity index (χ1v) is 19.1. The van der Waals surface area contributed by atoms with E-state index in [-0.39, 0.29) is 11.1 Å². The van der Waals surface area contributed by atoms with Crippen molar-refractivity contribution in [3.8, 4) is 22.6 Å². The predicted molar refractivity (Wildman–Crippen MR) is 207 cm³/mol. The van der Waals surface area contributed by atoms with Gasteiger partial charge in [0, 0.05) is 52.5 Å². The van der Waals surface area contributed by atoms with Crippen molar-refractivity contribution in [2.75, 3.05) is 0 Å². The molecule has 0 N–H and O–H groups in total. The molecule has 0 saturated carbocycles. The summed E-state index contributed by atoms with van der Waals surface area (Å²) < 4.78 is 9.84. The number of pyridine rings is 2. The molecule has 1 aliphatic rings. The van der Waals surface area contributed by atoms with E-state index < -0.39 is 0 Å². The van der Waals surface area contributed by atoms with Gasteiger partial charge in [-0.3, -0.25) is 0 Å². The molecule has 7 nitrogen and oxygen atoms in total. The van der Waals surface area contributed by atoms with Crippen LogP contribution in [0.15, 0.2) is 85.3 Å². The van der Waals surface area contributed by atoms with E-state index in [1.54, 1.807) is 0 Å². The summed E-state index contributed by atoms with van der Waals surface area (Å²) >= 11 is 0. The van der Waals surface area contributed by atoms with Crippen LogP contribution < -0.4 is 9.13 Å². The van der Waals surface area contributed by atoms with Crippen LogP contribution in [0.25, 0.3) is 55.6 Å². The van der Waals surface area contributed by atoms with E-state index in [1.807, 2.05) is 12.3 Å². The summed E-state index contributed by atoms with van der Waals surface area (Å²) in [6.45, 7) is 17.7. The molecule has 6 heterocycles. The van der Waals surface area contributed by atoms with E-state index in [1.165, 1.54) is 62.7 Å². The predicted octanol–water partition coefficient (Wildman–Crippen LogP) is 9.16. The number of fused-ring (bicyclic) bond motifs is 7. The fourth-order valence-corrected chi connectivity index (χ4v) is 9.33. The smallest absolute Gasteiger partial charge is 0.341 e. The number of hydrogen-bond acceptors (Lipinski definition) is 3. The van der Waals surface area contributed by atoms with E-state index in [0.717, 1.165) is 61.3 Å². The number of unbranched alkanes of at least 4 members (excludes halogenated alkanes) is 1. The molecule has 7 aromatic rings. The standard InChI is InChI=1S/C44H51N7/c1-8-12-16-32-19-20-33-35-25-30(5)34(28-39(35)48(11-4)38(33)27-32)41-29-46-36-17-15-22-45-42(36)49(41)24-21-44(10-3)43(7,9-2)51-40(26-31(6)47-51)37-18-13-14-23-50(37)44/h13-15,17-20,22-23,25-29H,8-12,16,21,24H2,1-7H3/q+2. The van der Waals surface area contributed by atoms with Crippen molar-refractivity contribution in [1.29, 1.82) is 0 Å². The van der Waals surface area contributed by atoms with Crippen LogP contribution >= 0.6 is 0 Å². The summed E-state index contributed by atoms with van der Waals surface area (Å²) in [4.78, 5) is 9.99. The van der Waals surface area contributed by atoms with Crippen molar-refractivity contribution in [1.82, 2.24) is 24.3 Å². The Bertz CT molecular complexity index is 2430. The van der Waals surface area contributed by atoms with Gasteiger partial charge in [0.2, 0.25) is 5.69 Å². The average molecular weight is 678 g/mol. The molecule has 0 spiro atoms. The van der Waals surface area contributed by atoms with Crippen molar-refractivity contribution >= 4 is 33.0 Å². The maximum Gasteiger partial charge on any atom is 0.349 e. The van der Waals surface area contributed by atoms with Crippen LogP contribution in [0.1, 0.15) is 83.5 Å². The van der Waals surface area contributed by atoms with Crippen molar-refractivity contribution in [2.45, 2.75) is 111 Å². The summed E-state index contributed by atoms with van der Waals surface area (Å²) in [5.74, 6) is 0. The number of rotatable bonds is 10. The summed E-state index contributed by atoms with van der Waals surface area (Å²) in [7, 11) is 0. The summed E-state index contributed by atoms with van der Waals surface area (Å²) in [6.07, 6.45) is 12.6. The normalized spacial score (nSPS) is 18.5. The fraction of sp³-hybridized carbons (Fsp3) is 0.386. The summed E-state index contributed by atoms with van der Waals surface area (Å²) in [5, 5.41) is 7.80. The van der Waals surface area contributed by atoms with Crippen LogP contribution in [-0.4, -0.2) is 24.3 Å². The molecule has 0 bridgehead atoms. The van der Waals surface area contributed by atoms with Crippen LogP contribution in [-0.2, 0) is 30.6 Å². The average Bonchev–Trinajstić information content (AvgIpc) is 3.70. The second-order valence-corrected chi connectivity index (χ2v) is 14.8. The van der Waals surface area contributed by atoms with Gasteiger partial charge in [0.1, 0.15) is 17.4 Å². The number of hydrogen-bond donors (Lipinski definition) is 0. The SMILES string of the molecule is CCCCc1ccc2c3cc(C)c(-c4cnc5cccnc5[n+]4CCC4(CC)[n+]5ccccc5-c5cc(C)nn5C4(C)CC)cc3n(CC)c2c1. The Hall–Kier alpha value is -4.91. The molecule has 2 aromatic carbocycles. The second kappa shape index (κ2) is 12.7. The number of nitrogens with zero attached hydrogens (tertiary/aromatic N) is 7. The minimum Gasteiger partial charge on any atom is -0.341 e. The topological polar surface area (TPSA) is 56.3 Å². The number of aryl methyl sites for hydroxylation is 5. The Morgan fingerprint density at radius 3 is 2.45 bits per heavy atom. The maximum absolute atomic E-state index is 5.15. The van der Waals surface area contributed by atoms with E-state index in [0.29, 0.717) is 0 Å². The zero-order valence-electron chi connectivity index (χ0n) is 31.4. The Balaban J connectivity index is 1.30. The molecule has 260 valence electrons. The molecule has 51 heavy (non-hydrogen) atoms. The molecule has 0 amide bonds.